The smallest absolute Gasteiger partial charge is 0.299 e. The molecule has 0 bridgehead atoms. The van der Waals surface area contributed by atoms with E-state index in [0.717, 1.165) is 55.0 Å². The summed E-state index contributed by atoms with van der Waals surface area (Å²) in [7, 11) is 0. The van der Waals surface area contributed by atoms with E-state index in [4.69, 9.17) is 8.83 Å². The van der Waals surface area contributed by atoms with Gasteiger partial charge < -0.3 is 0 Å². The van der Waals surface area contributed by atoms with Gasteiger partial charge in [-0.2, -0.15) is 5.56 Å². The van der Waals surface area contributed by atoms with Crippen LogP contribution in [0.3, 0.4) is 0 Å². The molecule has 30 heavy (non-hydrogen) atoms. The Hall–Kier alpha value is -3.65. The summed E-state index contributed by atoms with van der Waals surface area (Å²) in [6.45, 7) is 6.34. The minimum absolute atomic E-state index is 0.820. The van der Waals surface area contributed by atoms with E-state index >= 15 is 0 Å². The molecule has 0 unspecified atom stereocenters. The van der Waals surface area contributed by atoms with Gasteiger partial charge in [-0.05, 0) is 12.1 Å². The van der Waals surface area contributed by atoms with Crippen molar-refractivity contribution in [1.82, 2.24) is 0 Å². The van der Waals surface area contributed by atoms with Gasteiger partial charge in [-0.1, -0.05) is 102 Å². The molecule has 0 aliphatic carbocycles. The first kappa shape index (κ1) is 17.2. The SMILES string of the molecule is Cc1c(C)[c-](C)c2[o+][c-]3ccc4ccccc4c3c3c4ccccc4cc[c-]3[o+]c12. The van der Waals surface area contributed by atoms with Crippen LogP contribution < -0.4 is 0 Å². The Morgan fingerprint density at radius 3 is 1.80 bits per heavy atom. The summed E-state index contributed by atoms with van der Waals surface area (Å²) in [5.41, 5.74) is 6.84. The zero-order valence-corrected chi connectivity index (χ0v) is 17.2. The minimum atomic E-state index is 0.820. The molecule has 0 fully saturated rings. The van der Waals surface area contributed by atoms with E-state index < -0.39 is 0 Å². The molecule has 0 saturated heterocycles. The van der Waals surface area contributed by atoms with Crippen molar-refractivity contribution in [2.24, 2.45) is 0 Å². The van der Waals surface area contributed by atoms with Gasteiger partial charge in [-0.25, -0.2) is 0 Å². The van der Waals surface area contributed by atoms with Crippen molar-refractivity contribution in [3.8, 4) is 0 Å². The molecule has 0 spiro atoms. The molecule has 0 atom stereocenters. The maximum absolute atomic E-state index is 6.60. The van der Waals surface area contributed by atoms with Gasteiger partial charge in [0.05, 0.1) is 0 Å². The Kier molecular flexibility index (Phi) is 3.54. The first-order valence-electron chi connectivity index (χ1n) is 10.3. The number of aryl methyl sites for hydroxylation is 2. The topological polar surface area (TPSA) is 22.6 Å². The summed E-state index contributed by atoms with van der Waals surface area (Å²) in [5.74, 6) is 0. The molecule has 2 nitrogen and oxygen atoms in total. The fourth-order valence-electron chi connectivity index (χ4n) is 4.62. The van der Waals surface area contributed by atoms with E-state index in [0.29, 0.717) is 0 Å². The first-order valence-corrected chi connectivity index (χ1v) is 10.3. The Labute approximate surface area is 174 Å². The molecule has 0 saturated carbocycles. The Balaban J connectivity index is 2.05. The van der Waals surface area contributed by atoms with Crippen molar-refractivity contribution in [3.05, 3.63) is 89.5 Å². The van der Waals surface area contributed by atoms with Gasteiger partial charge >= 0.3 is 11.2 Å². The number of fused-ring (bicyclic) bond motifs is 8. The zero-order valence-electron chi connectivity index (χ0n) is 17.2. The average Bonchev–Trinajstić information content (AvgIpc) is 2.96. The van der Waals surface area contributed by atoms with Crippen LogP contribution in [0.1, 0.15) is 16.7 Å². The van der Waals surface area contributed by atoms with Gasteiger partial charge in [0.15, 0.2) is 0 Å². The van der Waals surface area contributed by atoms with Crippen molar-refractivity contribution in [2.75, 3.05) is 0 Å². The van der Waals surface area contributed by atoms with Gasteiger partial charge in [0.2, 0.25) is 11.2 Å². The van der Waals surface area contributed by atoms with Crippen molar-refractivity contribution in [1.29, 1.82) is 0 Å². The van der Waals surface area contributed by atoms with E-state index in [9.17, 15) is 0 Å². The molecule has 6 aromatic rings. The molecule has 0 radical (unpaired) electrons. The fraction of sp³-hybridized carbons (Fsp3) is 0.107. The molecule has 6 rings (SSSR count). The predicted octanol–water partition coefficient (Wildman–Crippen LogP) is 8.41. The van der Waals surface area contributed by atoms with Gasteiger partial charge in [0.1, 0.15) is 0 Å². The quantitative estimate of drug-likeness (QED) is 0.192. The molecule has 0 aliphatic rings. The first-order chi connectivity index (χ1) is 14.6. The Morgan fingerprint density at radius 2 is 1.20 bits per heavy atom. The van der Waals surface area contributed by atoms with Crippen LogP contribution in [-0.4, -0.2) is 0 Å². The third-order valence-corrected chi connectivity index (χ3v) is 6.47. The van der Waals surface area contributed by atoms with Crippen LogP contribution in [0, 0.1) is 20.8 Å². The molecule has 5 aromatic carbocycles. The summed E-state index contributed by atoms with van der Waals surface area (Å²) < 4.78 is 13.2. The van der Waals surface area contributed by atoms with E-state index in [2.05, 4.69) is 93.6 Å². The molecule has 1 aromatic heterocycles. The van der Waals surface area contributed by atoms with E-state index in [-0.39, 0.29) is 0 Å². The molecule has 0 aliphatic heterocycles. The van der Waals surface area contributed by atoms with E-state index in [1.54, 1.807) is 0 Å². The summed E-state index contributed by atoms with van der Waals surface area (Å²) in [6, 6.07) is 25.4. The van der Waals surface area contributed by atoms with Gasteiger partial charge in [-0.15, -0.1) is 22.9 Å². The third kappa shape index (κ3) is 2.28. The standard InChI is InChI=1S/C28H21O2/c1-16-17(2)27-28(18(16)3)30-24-15-13-20-9-5-7-11-22(20)26(24)25-21-10-6-4-8-19(21)12-14-23(25)29-27/h4-15H,1-3H3/q-1. The highest BCUT2D eigenvalue weighted by atomic mass is 16.4. The summed E-state index contributed by atoms with van der Waals surface area (Å²) in [5, 5.41) is 6.87. The minimum Gasteiger partial charge on any atom is -0.299 e. The van der Waals surface area contributed by atoms with Crippen LogP contribution in [0.4, 0.5) is 0 Å². The van der Waals surface area contributed by atoms with Crippen LogP contribution in [0.15, 0.2) is 81.6 Å². The van der Waals surface area contributed by atoms with Crippen LogP contribution in [-0.2, 0) is 0 Å². The lowest BCUT2D eigenvalue weighted by atomic mass is 9.98. The van der Waals surface area contributed by atoms with Crippen LogP contribution >= 0.6 is 0 Å². The van der Waals surface area contributed by atoms with Crippen molar-refractivity contribution in [2.45, 2.75) is 20.8 Å². The highest BCUT2D eigenvalue weighted by Crippen LogP contribution is 2.38. The number of hydrogen-bond acceptors (Lipinski definition) is 0. The van der Waals surface area contributed by atoms with Crippen LogP contribution in [0.5, 0.6) is 0 Å². The summed E-state index contributed by atoms with van der Waals surface area (Å²) >= 11 is 0. The highest BCUT2D eigenvalue weighted by molar-refractivity contribution is 6.24. The van der Waals surface area contributed by atoms with Gasteiger partial charge in [0.25, 0.3) is 0 Å². The third-order valence-electron chi connectivity index (χ3n) is 6.47. The Morgan fingerprint density at radius 1 is 0.667 bits per heavy atom. The van der Waals surface area contributed by atoms with Gasteiger partial charge in [-0.3, -0.25) is 8.83 Å². The average molecular weight is 389 g/mol. The van der Waals surface area contributed by atoms with Crippen LogP contribution in [0.25, 0.3) is 54.6 Å². The maximum atomic E-state index is 6.60. The molecule has 146 valence electrons. The summed E-state index contributed by atoms with van der Waals surface area (Å²) in [6.07, 6.45) is 0. The molecule has 0 amide bonds. The molecule has 0 N–H and O–H groups in total. The van der Waals surface area contributed by atoms with Crippen molar-refractivity contribution in [3.63, 3.8) is 0 Å². The zero-order chi connectivity index (χ0) is 20.4. The van der Waals surface area contributed by atoms with E-state index in [1.165, 1.54) is 16.3 Å². The van der Waals surface area contributed by atoms with Crippen molar-refractivity contribution < 1.29 is 8.83 Å². The van der Waals surface area contributed by atoms with Crippen LogP contribution in [0.2, 0.25) is 0 Å². The second-order valence-electron chi connectivity index (χ2n) is 8.06. The monoisotopic (exact) mass is 389 g/mol. The normalized spacial score (nSPS) is 11.8. The molecule has 2 heteroatoms. The Bertz CT molecular complexity index is 1550. The van der Waals surface area contributed by atoms with E-state index in [1.807, 2.05) is 0 Å². The lowest BCUT2D eigenvalue weighted by molar-refractivity contribution is 0.619. The molecular formula is C28H21O2-. The fourth-order valence-corrected chi connectivity index (χ4v) is 4.62. The predicted molar refractivity (Wildman–Crippen MR) is 126 cm³/mol. The summed E-state index contributed by atoms with van der Waals surface area (Å²) in [4.78, 5) is 0. The maximum Gasteiger partial charge on any atom is 0.302 e. The van der Waals surface area contributed by atoms with Crippen molar-refractivity contribution >= 4 is 54.6 Å². The second-order valence-corrected chi connectivity index (χ2v) is 8.06. The second kappa shape index (κ2) is 6.17. The lowest BCUT2D eigenvalue weighted by Crippen LogP contribution is -1.83. The molecular weight excluding hydrogens is 368 g/mol. The largest absolute Gasteiger partial charge is 0.302 e. The highest BCUT2D eigenvalue weighted by Gasteiger charge is 2.18. The van der Waals surface area contributed by atoms with Gasteiger partial charge in [0, 0.05) is 0 Å². The number of benzene rings is 4. The number of rotatable bonds is 0. The number of hydrogen-bond donors (Lipinski definition) is 0. The lowest BCUT2D eigenvalue weighted by Gasteiger charge is -2.12. The molecule has 1 heterocycles.